The Labute approximate surface area is 109 Å². The molecule has 0 saturated heterocycles. The van der Waals surface area contributed by atoms with Crippen LogP contribution in [0.25, 0.3) is 0 Å². The van der Waals surface area contributed by atoms with Gasteiger partial charge in [-0.05, 0) is 30.7 Å². The fourth-order valence-corrected chi connectivity index (χ4v) is 1.51. The van der Waals surface area contributed by atoms with Gasteiger partial charge in [0.2, 0.25) is 0 Å². The van der Waals surface area contributed by atoms with Gasteiger partial charge in [0.1, 0.15) is 0 Å². The molecular formula is C12H16BrNO3. The summed E-state index contributed by atoms with van der Waals surface area (Å²) in [6, 6.07) is 7.20. The lowest BCUT2D eigenvalue weighted by atomic mass is 10.2. The Balaban J connectivity index is 2.19. The highest BCUT2D eigenvalue weighted by molar-refractivity contribution is 9.10. The number of hydrogen-bond acceptors (Lipinski definition) is 3. The molecule has 2 N–H and O–H groups in total. The van der Waals surface area contributed by atoms with Gasteiger partial charge in [0, 0.05) is 23.2 Å². The molecule has 94 valence electrons. The quantitative estimate of drug-likeness (QED) is 0.752. The molecule has 4 nitrogen and oxygen atoms in total. The van der Waals surface area contributed by atoms with Gasteiger partial charge in [0.05, 0.1) is 13.2 Å². The number of nitrogens with one attached hydrogen (secondary N) is 1. The Morgan fingerprint density at radius 3 is 2.65 bits per heavy atom. The molecule has 0 fully saturated rings. The summed E-state index contributed by atoms with van der Waals surface area (Å²) in [6.45, 7) is 1.49. The van der Waals surface area contributed by atoms with Gasteiger partial charge in [-0.1, -0.05) is 15.9 Å². The molecule has 0 aliphatic rings. The minimum Gasteiger partial charge on any atom is -0.394 e. The van der Waals surface area contributed by atoms with Crippen LogP contribution in [-0.4, -0.2) is 37.4 Å². The van der Waals surface area contributed by atoms with Crippen LogP contribution in [0.1, 0.15) is 16.8 Å². The molecule has 1 rings (SSSR count). The SMILES string of the molecule is O=C(NCCCOCCO)c1ccc(Br)cc1. The fourth-order valence-electron chi connectivity index (χ4n) is 1.25. The summed E-state index contributed by atoms with van der Waals surface area (Å²) < 4.78 is 6.03. The highest BCUT2D eigenvalue weighted by Gasteiger charge is 2.03. The summed E-state index contributed by atoms with van der Waals surface area (Å²) in [5, 5.41) is 11.3. The van der Waals surface area contributed by atoms with Gasteiger partial charge in [-0.2, -0.15) is 0 Å². The third-order valence-electron chi connectivity index (χ3n) is 2.09. The third-order valence-corrected chi connectivity index (χ3v) is 2.62. The first-order valence-corrected chi connectivity index (χ1v) is 6.25. The number of aliphatic hydroxyl groups excluding tert-OH is 1. The summed E-state index contributed by atoms with van der Waals surface area (Å²) >= 11 is 3.31. The zero-order chi connectivity index (χ0) is 12.5. The zero-order valence-corrected chi connectivity index (χ0v) is 11.1. The van der Waals surface area contributed by atoms with Gasteiger partial charge < -0.3 is 15.2 Å². The van der Waals surface area contributed by atoms with Crippen molar-refractivity contribution in [1.29, 1.82) is 0 Å². The molecule has 0 atom stereocenters. The van der Waals surface area contributed by atoms with Crippen LogP contribution in [0.5, 0.6) is 0 Å². The number of benzene rings is 1. The highest BCUT2D eigenvalue weighted by Crippen LogP contribution is 2.10. The number of halogens is 1. The molecule has 1 aromatic carbocycles. The number of ether oxygens (including phenoxy) is 1. The minimum atomic E-state index is -0.0836. The van der Waals surface area contributed by atoms with Crippen molar-refractivity contribution < 1.29 is 14.6 Å². The molecule has 0 spiro atoms. The van der Waals surface area contributed by atoms with Crippen molar-refractivity contribution in [2.24, 2.45) is 0 Å². The van der Waals surface area contributed by atoms with Gasteiger partial charge in [0.25, 0.3) is 5.91 Å². The van der Waals surface area contributed by atoms with Gasteiger partial charge >= 0.3 is 0 Å². The van der Waals surface area contributed by atoms with E-state index in [0.717, 1.165) is 10.9 Å². The van der Waals surface area contributed by atoms with Crippen molar-refractivity contribution in [3.63, 3.8) is 0 Å². The molecule has 0 radical (unpaired) electrons. The van der Waals surface area contributed by atoms with Crippen LogP contribution >= 0.6 is 15.9 Å². The van der Waals surface area contributed by atoms with Crippen LogP contribution in [0.2, 0.25) is 0 Å². The van der Waals surface area contributed by atoms with Crippen molar-refractivity contribution in [3.8, 4) is 0 Å². The predicted octanol–water partition coefficient (Wildman–Crippen LogP) is 1.58. The van der Waals surface area contributed by atoms with Gasteiger partial charge in [0.15, 0.2) is 0 Å². The number of hydrogen-bond donors (Lipinski definition) is 2. The molecule has 0 unspecified atom stereocenters. The maximum atomic E-state index is 11.6. The Morgan fingerprint density at radius 2 is 2.00 bits per heavy atom. The van der Waals surface area contributed by atoms with Gasteiger partial charge in [-0.3, -0.25) is 4.79 Å². The summed E-state index contributed by atoms with van der Waals surface area (Å²) in [5.41, 5.74) is 0.643. The molecule has 0 bridgehead atoms. The Kier molecular flexibility index (Phi) is 6.84. The van der Waals surface area contributed by atoms with Gasteiger partial charge in [-0.25, -0.2) is 0 Å². The van der Waals surface area contributed by atoms with Crippen molar-refractivity contribution in [3.05, 3.63) is 34.3 Å². The summed E-state index contributed by atoms with van der Waals surface area (Å²) in [4.78, 5) is 11.6. The molecule has 0 heterocycles. The average molecular weight is 302 g/mol. The first-order chi connectivity index (χ1) is 8.24. The normalized spacial score (nSPS) is 10.2. The topological polar surface area (TPSA) is 58.6 Å². The molecule has 5 heteroatoms. The third kappa shape index (κ3) is 5.81. The molecule has 0 aromatic heterocycles. The van der Waals surface area contributed by atoms with Crippen LogP contribution in [0.4, 0.5) is 0 Å². The molecule has 0 saturated carbocycles. The van der Waals surface area contributed by atoms with E-state index in [-0.39, 0.29) is 12.5 Å². The van der Waals surface area contributed by atoms with Crippen LogP contribution in [0.15, 0.2) is 28.7 Å². The molecular weight excluding hydrogens is 286 g/mol. The van der Waals surface area contributed by atoms with E-state index >= 15 is 0 Å². The number of aliphatic hydroxyl groups is 1. The molecule has 17 heavy (non-hydrogen) atoms. The first-order valence-electron chi connectivity index (χ1n) is 5.46. The summed E-state index contributed by atoms with van der Waals surface area (Å²) in [7, 11) is 0. The van der Waals surface area contributed by atoms with E-state index in [4.69, 9.17) is 9.84 Å². The van der Waals surface area contributed by atoms with Crippen molar-refractivity contribution in [2.45, 2.75) is 6.42 Å². The summed E-state index contributed by atoms with van der Waals surface area (Å²) in [5.74, 6) is -0.0836. The van der Waals surface area contributed by atoms with Crippen molar-refractivity contribution in [2.75, 3.05) is 26.4 Å². The monoisotopic (exact) mass is 301 g/mol. The van der Waals surface area contributed by atoms with Crippen LogP contribution in [-0.2, 0) is 4.74 Å². The molecule has 0 aliphatic carbocycles. The molecule has 0 aliphatic heterocycles. The van der Waals surface area contributed by atoms with E-state index < -0.39 is 0 Å². The van der Waals surface area contributed by atoms with E-state index in [2.05, 4.69) is 21.2 Å². The maximum Gasteiger partial charge on any atom is 0.251 e. The standard InChI is InChI=1S/C12H16BrNO3/c13-11-4-2-10(3-5-11)12(16)14-6-1-8-17-9-7-15/h2-5,15H,1,6-9H2,(H,14,16). The van der Waals surface area contributed by atoms with Crippen molar-refractivity contribution >= 4 is 21.8 Å². The second-order valence-electron chi connectivity index (χ2n) is 3.45. The van der Waals surface area contributed by atoms with Crippen molar-refractivity contribution in [1.82, 2.24) is 5.32 Å². The van der Waals surface area contributed by atoms with E-state index in [0.29, 0.717) is 25.3 Å². The number of amides is 1. The Bertz CT molecular complexity index is 340. The maximum absolute atomic E-state index is 11.6. The second-order valence-corrected chi connectivity index (χ2v) is 4.37. The fraction of sp³-hybridized carbons (Fsp3) is 0.417. The lowest BCUT2D eigenvalue weighted by Crippen LogP contribution is -2.25. The predicted molar refractivity (Wildman–Crippen MR) is 69.0 cm³/mol. The zero-order valence-electron chi connectivity index (χ0n) is 9.49. The smallest absolute Gasteiger partial charge is 0.251 e. The van der Waals surface area contributed by atoms with Gasteiger partial charge in [-0.15, -0.1) is 0 Å². The van der Waals surface area contributed by atoms with Crippen LogP contribution in [0.3, 0.4) is 0 Å². The second kappa shape index (κ2) is 8.22. The van der Waals surface area contributed by atoms with Crippen LogP contribution in [0, 0.1) is 0 Å². The largest absolute Gasteiger partial charge is 0.394 e. The molecule has 1 amide bonds. The lowest BCUT2D eigenvalue weighted by molar-refractivity contribution is 0.0867. The van der Waals surface area contributed by atoms with E-state index in [1.54, 1.807) is 12.1 Å². The number of carbonyl (C=O) groups is 1. The van der Waals surface area contributed by atoms with E-state index in [1.807, 2.05) is 12.1 Å². The van der Waals surface area contributed by atoms with E-state index in [1.165, 1.54) is 0 Å². The Hall–Kier alpha value is -0.910. The minimum absolute atomic E-state index is 0.0330. The average Bonchev–Trinajstić information content (AvgIpc) is 2.34. The first kappa shape index (κ1) is 14.2. The highest BCUT2D eigenvalue weighted by atomic mass is 79.9. The Morgan fingerprint density at radius 1 is 1.29 bits per heavy atom. The van der Waals surface area contributed by atoms with E-state index in [9.17, 15) is 4.79 Å². The number of carbonyl (C=O) groups excluding carboxylic acids is 1. The molecule has 1 aromatic rings. The number of rotatable bonds is 7. The lowest BCUT2D eigenvalue weighted by Gasteiger charge is -2.05. The van der Waals surface area contributed by atoms with Crippen LogP contribution < -0.4 is 5.32 Å². The summed E-state index contributed by atoms with van der Waals surface area (Å²) in [6.07, 6.45) is 0.738.